The summed E-state index contributed by atoms with van der Waals surface area (Å²) < 4.78 is 0. The van der Waals surface area contributed by atoms with Crippen molar-refractivity contribution in [2.45, 2.75) is 37.1 Å². The topological polar surface area (TPSA) is 12.0 Å². The fraction of sp³-hybridized carbons (Fsp3) is 0.294. The van der Waals surface area contributed by atoms with E-state index >= 15 is 0 Å². The molecule has 0 aliphatic heterocycles. The van der Waals surface area contributed by atoms with Gasteiger partial charge in [0.15, 0.2) is 0 Å². The Morgan fingerprint density at radius 1 is 1.05 bits per heavy atom. The molecular formula is C17H19Cl2NS. The SMILES string of the molecule is CC(C)NCc1ccc(SCc2ccc(Cl)cc2)cc1Cl. The van der Waals surface area contributed by atoms with Gasteiger partial charge in [0, 0.05) is 33.3 Å². The van der Waals surface area contributed by atoms with Crippen LogP contribution in [0.2, 0.25) is 10.0 Å². The zero-order valence-corrected chi connectivity index (χ0v) is 14.5. The number of thioether (sulfide) groups is 1. The minimum atomic E-state index is 0.458. The lowest BCUT2D eigenvalue weighted by atomic mass is 10.2. The zero-order chi connectivity index (χ0) is 15.2. The van der Waals surface area contributed by atoms with Crippen LogP contribution in [0, 0.1) is 0 Å². The highest BCUT2D eigenvalue weighted by atomic mass is 35.5. The summed E-state index contributed by atoms with van der Waals surface area (Å²) in [7, 11) is 0. The van der Waals surface area contributed by atoms with E-state index < -0.39 is 0 Å². The molecule has 21 heavy (non-hydrogen) atoms. The van der Waals surface area contributed by atoms with Gasteiger partial charge in [0.05, 0.1) is 0 Å². The second-order valence-electron chi connectivity index (χ2n) is 5.20. The molecule has 2 aromatic rings. The number of nitrogens with one attached hydrogen (secondary N) is 1. The number of halogens is 2. The highest BCUT2D eigenvalue weighted by Crippen LogP contribution is 2.28. The summed E-state index contributed by atoms with van der Waals surface area (Å²) >= 11 is 14.0. The minimum Gasteiger partial charge on any atom is -0.310 e. The van der Waals surface area contributed by atoms with Crippen LogP contribution in [0.4, 0.5) is 0 Å². The fourth-order valence-corrected chi connectivity index (χ4v) is 3.15. The Hall–Kier alpha value is -0.670. The number of benzene rings is 2. The van der Waals surface area contributed by atoms with Crippen LogP contribution in [-0.4, -0.2) is 6.04 Å². The maximum Gasteiger partial charge on any atom is 0.0462 e. The summed E-state index contributed by atoms with van der Waals surface area (Å²) in [6, 6.07) is 14.7. The summed E-state index contributed by atoms with van der Waals surface area (Å²) in [5.41, 5.74) is 2.40. The lowest BCUT2D eigenvalue weighted by molar-refractivity contribution is 0.589. The Balaban J connectivity index is 1.95. The molecule has 0 spiro atoms. The van der Waals surface area contributed by atoms with Gasteiger partial charge in [-0.2, -0.15) is 0 Å². The molecule has 0 bridgehead atoms. The van der Waals surface area contributed by atoms with Gasteiger partial charge in [-0.1, -0.05) is 55.2 Å². The molecule has 112 valence electrons. The van der Waals surface area contributed by atoms with Gasteiger partial charge in [-0.25, -0.2) is 0 Å². The van der Waals surface area contributed by atoms with E-state index in [0.29, 0.717) is 6.04 Å². The fourth-order valence-electron chi connectivity index (χ4n) is 1.82. The Bertz CT molecular complexity index is 582. The van der Waals surface area contributed by atoms with Gasteiger partial charge >= 0.3 is 0 Å². The normalized spacial score (nSPS) is 11.1. The van der Waals surface area contributed by atoms with E-state index in [1.807, 2.05) is 18.2 Å². The first-order valence-corrected chi connectivity index (χ1v) is 8.68. The quantitative estimate of drug-likeness (QED) is 0.669. The largest absolute Gasteiger partial charge is 0.310 e. The molecule has 1 nitrogen and oxygen atoms in total. The van der Waals surface area contributed by atoms with Crippen molar-refractivity contribution in [2.24, 2.45) is 0 Å². The molecule has 0 saturated heterocycles. The molecular weight excluding hydrogens is 321 g/mol. The Kier molecular flexibility index (Phi) is 6.43. The van der Waals surface area contributed by atoms with Crippen molar-refractivity contribution in [3.05, 3.63) is 63.6 Å². The van der Waals surface area contributed by atoms with Gasteiger partial charge in [0.1, 0.15) is 0 Å². The van der Waals surface area contributed by atoms with Crippen molar-refractivity contribution in [2.75, 3.05) is 0 Å². The number of hydrogen-bond donors (Lipinski definition) is 1. The zero-order valence-electron chi connectivity index (χ0n) is 12.2. The maximum atomic E-state index is 6.34. The molecule has 2 aromatic carbocycles. The molecule has 4 heteroatoms. The Morgan fingerprint density at radius 3 is 2.38 bits per heavy atom. The van der Waals surface area contributed by atoms with E-state index in [1.165, 1.54) is 10.5 Å². The monoisotopic (exact) mass is 339 g/mol. The molecule has 0 amide bonds. The summed E-state index contributed by atoms with van der Waals surface area (Å²) in [6.45, 7) is 5.06. The first kappa shape index (κ1) is 16.7. The third-order valence-corrected chi connectivity index (χ3v) is 4.71. The average molecular weight is 340 g/mol. The smallest absolute Gasteiger partial charge is 0.0462 e. The third-order valence-electron chi connectivity index (χ3n) is 3.04. The van der Waals surface area contributed by atoms with Crippen LogP contribution in [0.1, 0.15) is 25.0 Å². The molecule has 0 fully saturated rings. The molecule has 0 aromatic heterocycles. The van der Waals surface area contributed by atoms with E-state index in [1.54, 1.807) is 11.8 Å². The first-order chi connectivity index (χ1) is 10.0. The van der Waals surface area contributed by atoms with E-state index in [4.69, 9.17) is 23.2 Å². The highest BCUT2D eigenvalue weighted by Gasteiger charge is 2.04. The van der Waals surface area contributed by atoms with E-state index in [2.05, 4.69) is 43.4 Å². The Labute approximate surface area is 141 Å². The van der Waals surface area contributed by atoms with Crippen molar-refractivity contribution in [1.82, 2.24) is 5.32 Å². The van der Waals surface area contributed by atoms with Gasteiger partial charge in [-0.05, 0) is 35.4 Å². The average Bonchev–Trinajstić information content (AvgIpc) is 2.45. The van der Waals surface area contributed by atoms with Crippen molar-refractivity contribution >= 4 is 35.0 Å². The summed E-state index contributed by atoms with van der Waals surface area (Å²) in [5.74, 6) is 0.914. The predicted molar refractivity (Wildman–Crippen MR) is 94.4 cm³/mol. The molecule has 0 saturated carbocycles. The van der Waals surface area contributed by atoms with Gasteiger partial charge in [0.25, 0.3) is 0 Å². The van der Waals surface area contributed by atoms with Crippen molar-refractivity contribution in [3.63, 3.8) is 0 Å². The third kappa shape index (κ3) is 5.55. The molecule has 0 aliphatic carbocycles. The van der Waals surface area contributed by atoms with E-state index in [-0.39, 0.29) is 0 Å². The maximum absolute atomic E-state index is 6.34. The summed E-state index contributed by atoms with van der Waals surface area (Å²) in [4.78, 5) is 1.18. The van der Waals surface area contributed by atoms with Crippen LogP contribution in [-0.2, 0) is 12.3 Å². The molecule has 0 unspecified atom stereocenters. The van der Waals surface area contributed by atoms with Crippen LogP contribution in [0.25, 0.3) is 0 Å². The van der Waals surface area contributed by atoms with Gasteiger partial charge in [-0.3, -0.25) is 0 Å². The van der Waals surface area contributed by atoms with Crippen molar-refractivity contribution in [1.29, 1.82) is 0 Å². The highest BCUT2D eigenvalue weighted by molar-refractivity contribution is 7.98. The van der Waals surface area contributed by atoms with E-state index in [9.17, 15) is 0 Å². The van der Waals surface area contributed by atoms with Gasteiger partial charge < -0.3 is 5.32 Å². The predicted octanol–water partition coefficient (Wildman–Crippen LogP) is 5.78. The standard InChI is InChI=1S/C17H19Cl2NS/c1-12(2)20-10-14-5-8-16(9-17(14)19)21-11-13-3-6-15(18)7-4-13/h3-9,12,20H,10-11H2,1-2H3. The first-order valence-electron chi connectivity index (χ1n) is 6.93. The number of rotatable bonds is 6. The Morgan fingerprint density at radius 2 is 1.76 bits per heavy atom. The summed E-state index contributed by atoms with van der Waals surface area (Å²) in [5, 5.41) is 4.98. The molecule has 0 radical (unpaired) electrons. The van der Waals surface area contributed by atoms with Crippen LogP contribution < -0.4 is 5.32 Å². The van der Waals surface area contributed by atoms with Crippen LogP contribution >= 0.6 is 35.0 Å². The van der Waals surface area contributed by atoms with Crippen molar-refractivity contribution in [3.8, 4) is 0 Å². The lowest BCUT2D eigenvalue weighted by Crippen LogP contribution is -2.21. The van der Waals surface area contributed by atoms with Crippen LogP contribution in [0.15, 0.2) is 47.4 Å². The molecule has 0 atom stereocenters. The second-order valence-corrected chi connectivity index (χ2v) is 7.10. The molecule has 1 N–H and O–H groups in total. The van der Waals surface area contributed by atoms with Crippen LogP contribution in [0.3, 0.4) is 0 Å². The lowest BCUT2D eigenvalue weighted by Gasteiger charge is -2.11. The minimum absolute atomic E-state index is 0.458. The summed E-state index contributed by atoms with van der Waals surface area (Å²) in [6.07, 6.45) is 0. The van der Waals surface area contributed by atoms with Gasteiger partial charge in [-0.15, -0.1) is 11.8 Å². The molecule has 2 rings (SSSR count). The van der Waals surface area contributed by atoms with Crippen LogP contribution in [0.5, 0.6) is 0 Å². The molecule has 0 aliphatic rings. The van der Waals surface area contributed by atoms with Gasteiger partial charge in [0.2, 0.25) is 0 Å². The second kappa shape index (κ2) is 8.09. The van der Waals surface area contributed by atoms with E-state index in [0.717, 1.165) is 27.9 Å². The van der Waals surface area contributed by atoms with Crippen molar-refractivity contribution < 1.29 is 0 Å². The number of hydrogen-bond acceptors (Lipinski definition) is 2. The molecule has 0 heterocycles.